The van der Waals surface area contributed by atoms with Crippen LogP contribution < -0.4 is 10.6 Å². The summed E-state index contributed by atoms with van der Waals surface area (Å²) in [6.45, 7) is 13.9. The van der Waals surface area contributed by atoms with E-state index in [4.69, 9.17) is 0 Å². The van der Waals surface area contributed by atoms with Gasteiger partial charge in [0.2, 0.25) is 0 Å². The zero-order chi connectivity index (χ0) is 18.4. The van der Waals surface area contributed by atoms with Crippen molar-refractivity contribution in [2.45, 2.75) is 64.1 Å². The van der Waals surface area contributed by atoms with E-state index in [1.807, 2.05) is 7.05 Å². The number of rotatable bonds is 6. The maximum Gasteiger partial charge on any atom is 0.191 e. The van der Waals surface area contributed by atoms with Gasteiger partial charge < -0.3 is 15.5 Å². The minimum atomic E-state index is 0. The second-order valence-electron chi connectivity index (χ2n) is 8.34. The van der Waals surface area contributed by atoms with E-state index >= 15 is 0 Å². The van der Waals surface area contributed by atoms with Crippen LogP contribution in [0.25, 0.3) is 0 Å². The summed E-state index contributed by atoms with van der Waals surface area (Å²) in [6, 6.07) is 1.94. The summed E-state index contributed by atoms with van der Waals surface area (Å²) < 4.78 is 0. The van der Waals surface area contributed by atoms with Crippen LogP contribution in [0, 0.1) is 0 Å². The summed E-state index contributed by atoms with van der Waals surface area (Å²) in [7, 11) is 1.89. The van der Waals surface area contributed by atoms with Crippen LogP contribution in [0.1, 0.15) is 46.0 Å². The highest BCUT2D eigenvalue weighted by molar-refractivity contribution is 14.0. The van der Waals surface area contributed by atoms with Crippen molar-refractivity contribution < 1.29 is 0 Å². The van der Waals surface area contributed by atoms with Crippen molar-refractivity contribution in [1.29, 1.82) is 0 Å². The number of halogens is 1. The lowest BCUT2D eigenvalue weighted by molar-refractivity contribution is 0.107. The quantitative estimate of drug-likeness (QED) is 0.337. The van der Waals surface area contributed by atoms with Crippen molar-refractivity contribution in [3.05, 3.63) is 0 Å². The molecule has 2 aliphatic heterocycles. The van der Waals surface area contributed by atoms with Gasteiger partial charge in [0.15, 0.2) is 5.96 Å². The van der Waals surface area contributed by atoms with E-state index in [-0.39, 0.29) is 24.0 Å². The molecular formula is C20H41IN6. The van der Waals surface area contributed by atoms with Gasteiger partial charge >= 0.3 is 0 Å². The predicted octanol–water partition coefficient (Wildman–Crippen LogP) is 1.81. The number of likely N-dealkylation sites (tertiary alicyclic amines) is 1. The first-order valence-electron chi connectivity index (χ1n) is 10.9. The molecule has 1 aliphatic carbocycles. The highest BCUT2D eigenvalue weighted by atomic mass is 127. The molecule has 2 unspecified atom stereocenters. The van der Waals surface area contributed by atoms with Crippen molar-refractivity contribution in [3.8, 4) is 0 Å². The molecule has 3 fully saturated rings. The van der Waals surface area contributed by atoms with Crippen LogP contribution in [0.3, 0.4) is 0 Å². The molecular weight excluding hydrogens is 451 g/mol. The van der Waals surface area contributed by atoms with E-state index in [2.05, 4.69) is 44.2 Å². The molecule has 0 bridgehead atoms. The normalized spacial score (nSPS) is 27.5. The molecule has 2 heterocycles. The molecule has 158 valence electrons. The maximum atomic E-state index is 4.47. The van der Waals surface area contributed by atoms with E-state index in [9.17, 15) is 0 Å². The number of guanidine groups is 1. The van der Waals surface area contributed by atoms with Gasteiger partial charge in [-0.1, -0.05) is 19.8 Å². The average molecular weight is 492 g/mol. The summed E-state index contributed by atoms with van der Waals surface area (Å²) in [5, 5.41) is 7.23. The van der Waals surface area contributed by atoms with Crippen molar-refractivity contribution in [2.24, 2.45) is 4.99 Å². The molecule has 0 spiro atoms. The van der Waals surface area contributed by atoms with Gasteiger partial charge in [-0.05, 0) is 32.7 Å². The lowest BCUT2D eigenvalue weighted by Crippen LogP contribution is -2.53. The molecule has 0 aromatic rings. The summed E-state index contributed by atoms with van der Waals surface area (Å²) in [6.07, 6.45) is 6.90. The maximum absolute atomic E-state index is 4.47. The van der Waals surface area contributed by atoms with Crippen molar-refractivity contribution in [3.63, 3.8) is 0 Å². The average Bonchev–Trinajstić information content (AvgIpc) is 3.36. The van der Waals surface area contributed by atoms with E-state index in [1.54, 1.807) is 0 Å². The van der Waals surface area contributed by atoms with Crippen LogP contribution in [-0.4, -0.2) is 98.2 Å². The molecule has 2 N–H and O–H groups in total. The van der Waals surface area contributed by atoms with Gasteiger partial charge in [-0.25, -0.2) is 0 Å². The van der Waals surface area contributed by atoms with Gasteiger partial charge in [0, 0.05) is 71.0 Å². The molecule has 27 heavy (non-hydrogen) atoms. The zero-order valence-corrected chi connectivity index (χ0v) is 20.0. The lowest BCUT2D eigenvalue weighted by Gasteiger charge is -2.37. The zero-order valence-electron chi connectivity index (χ0n) is 17.6. The lowest BCUT2D eigenvalue weighted by atomic mass is 10.2. The SMILES string of the molecule is CCN1CCN(C(C)CNC(=NC)NC2CCN(C3CCCC3)C2)CC1.I. The molecule has 3 aliphatic rings. The van der Waals surface area contributed by atoms with Crippen molar-refractivity contribution in [2.75, 3.05) is 59.4 Å². The minimum absolute atomic E-state index is 0. The number of nitrogens with one attached hydrogen (secondary N) is 2. The minimum Gasteiger partial charge on any atom is -0.355 e. The summed E-state index contributed by atoms with van der Waals surface area (Å²) >= 11 is 0. The first kappa shape index (κ1) is 23.2. The van der Waals surface area contributed by atoms with Crippen molar-refractivity contribution in [1.82, 2.24) is 25.3 Å². The highest BCUT2D eigenvalue weighted by Gasteiger charge is 2.30. The third-order valence-electron chi connectivity index (χ3n) is 6.67. The van der Waals surface area contributed by atoms with E-state index < -0.39 is 0 Å². The Morgan fingerprint density at radius 1 is 1.07 bits per heavy atom. The van der Waals surface area contributed by atoms with Crippen molar-refractivity contribution >= 4 is 29.9 Å². The third kappa shape index (κ3) is 6.72. The fourth-order valence-electron chi connectivity index (χ4n) is 4.79. The predicted molar refractivity (Wildman–Crippen MR) is 125 cm³/mol. The number of aliphatic imine (C=N–C) groups is 1. The summed E-state index contributed by atoms with van der Waals surface area (Å²) in [4.78, 5) is 12.3. The van der Waals surface area contributed by atoms with Gasteiger partial charge in [0.25, 0.3) is 0 Å². The monoisotopic (exact) mass is 492 g/mol. The Kier molecular flexibility index (Phi) is 10.1. The highest BCUT2D eigenvalue weighted by Crippen LogP contribution is 2.26. The number of nitrogens with zero attached hydrogens (tertiary/aromatic N) is 4. The van der Waals surface area contributed by atoms with Gasteiger partial charge in [0.1, 0.15) is 0 Å². The van der Waals surface area contributed by atoms with E-state index in [0.29, 0.717) is 12.1 Å². The van der Waals surface area contributed by atoms with Gasteiger partial charge in [-0.15, -0.1) is 24.0 Å². The number of likely N-dealkylation sites (N-methyl/N-ethyl adjacent to an activating group) is 1. The largest absolute Gasteiger partial charge is 0.355 e. The summed E-state index contributed by atoms with van der Waals surface area (Å²) in [5.41, 5.74) is 0. The van der Waals surface area contributed by atoms with Crippen LogP contribution in [0.5, 0.6) is 0 Å². The standard InChI is InChI=1S/C20H40N6.HI/c1-4-24-11-13-25(14-12-24)17(2)15-22-20(21-3)23-18-9-10-26(16-18)19-7-5-6-8-19;/h17-19H,4-16H2,1-3H3,(H2,21,22,23);1H. The Balaban J connectivity index is 0.00000261. The molecule has 7 heteroatoms. The Morgan fingerprint density at radius 3 is 2.41 bits per heavy atom. The van der Waals surface area contributed by atoms with E-state index in [0.717, 1.165) is 18.5 Å². The second kappa shape index (κ2) is 11.8. The first-order chi connectivity index (χ1) is 12.7. The molecule has 2 atom stereocenters. The van der Waals surface area contributed by atoms with E-state index in [1.165, 1.54) is 77.9 Å². The Hall–Kier alpha value is -0.120. The Labute approximate surface area is 183 Å². The Morgan fingerprint density at radius 2 is 1.78 bits per heavy atom. The molecule has 0 radical (unpaired) electrons. The third-order valence-corrected chi connectivity index (χ3v) is 6.67. The molecule has 3 rings (SSSR count). The van der Waals surface area contributed by atoms with Crippen LogP contribution >= 0.6 is 24.0 Å². The number of hydrogen-bond acceptors (Lipinski definition) is 4. The van der Waals surface area contributed by atoms with Crippen LogP contribution in [0.15, 0.2) is 4.99 Å². The fourth-order valence-corrected chi connectivity index (χ4v) is 4.79. The first-order valence-corrected chi connectivity index (χ1v) is 10.9. The number of hydrogen-bond donors (Lipinski definition) is 2. The van der Waals surface area contributed by atoms with Crippen LogP contribution in [0.4, 0.5) is 0 Å². The summed E-state index contributed by atoms with van der Waals surface area (Å²) in [5.74, 6) is 0.974. The van der Waals surface area contributed by atoms with Gasteiger partial charge in [-0.3, -0.25) is 14.8 Å². The second-order valence-corrected chi connectivity index (χ2v) is 8.34. The molecule has 0 amide bonds. The van der Waals surface area contributed by atoms with Crippen LogP contribution in [0.2, 0.25) is 0 Å². The Bertz CT molecular complexity index is 446. The molecule has 6 nitrogen and oxygen atoms in total. The molecule has 1 saturated carbocycles. The van der Waals surface area contributed by atoms with Gasteiger partial charge in [0.05, 0.1) is 0 Å². The smallest absolute Gasteiger partial charge is 0.191 e. The fraction of sp³-hybridized carbons (Fsp3) is 0.950. The topological polar surface area (TPSA) is 46.1 Å². The molecule has 2 saturated heterocycles. The van der Waals surface area contributed by atoms with Gasteiger partial charge in [-0.2, -0.15) is 0 Å². The molecule has 0 aromatic heterocycles. The van der Waals surface area contributed by atoms with Crippen LogP contribution in [-0.2, 0) is 0 Å². The number of piperazine rings is 1. The molecule has 0 aromatic carbocycles.